The van der Waals surface area contributed by atoms with Gasteiger partial charge in [0.05, 0.1) is 12.0 Å². The highest BCUT2D eigenvalue weighted by molar-refractivity contribution is 7.89. The van der Waals surface area contributed by atoms with Crippen molar-refractivity contribution >= 4 is 26.8 Å². The third-order valence-corrected chi connectivity index (χ3v) is 4.60. The maximum absolute atomic E-state index is 11.9. The fourth-order valence-corrected chi connectivity index (χ4v) is 2.94. The predicted molar refractivity (Wildman–Crippen MR) is 73.6 cm³/mol. The van der Waals surface area contributed by atoms with E-state index in [1.165, 1.54) is 6.26 Å². The second-order valence-corrected chi connectivity index (χ2v) is 7.17. The lowest BCUT2D eigenvalue weighted by Gasteiger charge is -2.08. The zero-order chi connectivity index (χ0) is 15.3. The zero-order valence-electron chi connectivity index (χ0n) is 11.0. The number of hydrogen-bond acceptors (Lipinski definition) is 6. The first-order chi connectivity index (χ1) is 9.27. The van der Waals surface area contributed by atoms with Gasteiger partial charge in [-0.3, -0.25) is 4.21 Å². The van der Waals surface area contributed by atoms with E-state index in [0.29, 0.717) is 0 Å². The Kier molecular flexibility index (Phi) is 5.66. The van der Waals surface area contributed by atoms with Crippen molar-refractivity contribution in [2.75, 3.05) is 25.7 Å². The molecule has 0 aliphatic heterocycles. The van der Waals surface area contributed by atoms with Crippen molar-refractivity contribution < 1.29 is 27.3 Å². The fraction of sp³-hybridized carbons (Fsp3) is 0.364. The lowest BCUT2D eigenvalue weighted by Crippen LogP contribution is -2.27. The van der Waals surface area contributed by atoms with Crippen LogP contribution < -0.4 is 4.72 Å². The molecule has 1 aromatic rings. The van der Waals surface area contributed by atoms with Crippen LogP contribution in [0.4, 0.5) is 0 Å². The number of benzene rings is 1. The molecule has 9 heteroatoms. The fourth-order valence-electron chi connectivity index (χ4n) is 1.36. The molecule has 1 unspecified atom stereocenters. The Bertz CT molecular complexity index is 626. The van der Waals surface area contributed by atoms with Crippen molar-refractivity contribution in [3.63, 3.8) is 0 Å². The molecule has 0 fully saturated rings. The van der Waals surface area contributed by atoms with Crippen LogP contribution in [0.2, 0.25) is 0 Å². The van der Waals surface area contributed by atoms with Gasteiger partial charge in [-0.2, -0.15) is 0 Å². The zero-order valence-corrected chi connectivity index (χ0v) is 12.6. The Labute approximate surface area is 119 Å². The van der Waals surface area contributed by atoms with Crippen molar-refractivity contribution in [2.45, 2.75) is 4.90 Å². The average molecular weight is 321 g/mol. The van der Waals surface area contributed by atoms with Crippen LogP contribution in [0.25, 0.3) is 0 Å². The third kappa shape index (κ3) is 4.29. The molecular weight excluding hydrogens is 306 g/mol. The summed E-state index contributed by atoms with van der Waals surface area (Å²) < 4.78 is 41.5. The molecular formula is C11H15NO6S2. The number of sulfonamides is 1. The molecule has 1 rings (SSSR count). The molecule has 2 N–H and O–H groups in total. The molecule has 0 radical (unpaired) electrons. The van der Waals surface area contributed by atoms with Crippen molar-refractivity contribution in [3.8, 4) is 5.75 Å². The van der Waals surface area contributed by atoms with Gasteiger partial charge in [0.25, 0.3) is 0 Å². The van der Waals surface area contributed by atoms with Crippen LogP contribution in [0.15, 0.2) is 23.1 Å². The maximum atomic E-state index is 11.9. The summed E-state index contributed by atoms with van der Waals surface area (Å²) >= 11 is 0. The summed E-state index contributed by atoms with van der Waals surface area (Å²) in [5, 5.41) is 9.49. The second kappa shape index (κ2) is 6.82. The summed E-state index contributed by atoms with van der Waals surface area (Å²) in [5.74, 6) is -1.03. The lowest BCUT2D eigenvalue weighted by atomic mass is 10.2. The average Bonchev–Trinajstić information content (AvgIpc) is 2.37. The Morgan fingerprint density at radius 2 is 2.10 bits per heavy atom. The van der Waals surface area contributed by atoms with Gasteiger partial charge < -0.3 is 9.84 Å². The summed E-state index contributed by atoms with van der Waals surface area (Å²) in [6.45, 7) is 0.0138. The molecule has 112 valence electrons. The predicted octanol–water partition coefficient (Wildman–Crippen LogP) is -0.164. The number of ether oxygens (including phenoxy) is 1. The van der Waals surface area contributed by atoms with Crippen LogP contribution in [0, 0.1) is 0 Å². The summed E-state index contributed by atoms with van der Waals surface area (Å²) in [7, 11) is -3.83. The van der Waals surface area contributed by atoms with Gasteiger partial charge in [-0.1, -0.05) is 0 Å². The SMILES string of the molecule is COC(=O)c1cc(S(=O)(=O)NCCS(C)=O)ccc1O. The number of hydrogen-bond donors (Lipinski definition) is 2. The monoisotopic (exact) mass is 321 g/mol. The van der Waals surface area contributed by atoms with E-state index < -0.39 is 26.8 Å². The van der Waals surface area contributed by atoms with Crippen LogP contribution in [0.3, 0.4) is 0 Å². The maximum Gasteiger partial charge on any atom is 0.341 e. The second-order valence-electron chi connectivity index (χ2n) is 3.85. The molecule has 0 heterocycles. The smallest absolute Gasteiger partial charge is 0.341 e. The van der Waals surface area contributed by atoms with Gasteiger partial charge >= 0.3 is 5.97 Å². The lowest BCUT2D eigenvalue weighted by molar-refractivity contribution is 0.0597. The molecule has 0 saturated heterocycles. The van der Waals surface area contributed by atoms with Crippen LogP contribution in [-0.2, 0) is 25.6 Å². The molecule has 1 atom stereocenters. The summed E-state index contributed by atoms with van der Waals surface area (Å²) in [6.07, 6.45) is 1.46. The first kappa shape index (κ1) is 16.6. The van der Waals surface area contributed by atoms with Crippen LogP contribution in [0.1, 0.15) is 10.4 Å². The number of methoxy groups -OCH3 is 1. The van der Waals surface area contributed by atoms with E-state index in [9.17, 15) is 22.5 Å². The highest BCUT2D eigenvalue weighted by Gasteiger charge is 2.19. The van der Waals surface area contributed by atoms with Gasteiger partial charge in [0.2, 0.25) is 10.0 Å². The topological polar surface area (TPSA) is 110 Å². The molecule has 0 saturated carbocycles. The number of nitrogens with one attached hydrogen (secondary N) is 1. The Morgan fingerprint density at radius 1 is 1.45 bits per heavy atom. The molecule has 7 nitrogen and oxygen atoms in total. The van der Waals surface area contributed by atoms with E-state index in [2.05, 4.69) is 9.46 Å². The van der Waals surface area contributed by atoms with Gasteiger partial charge in [-0.15, -0.1) is 0 Å². The standard InChI is InChI=1S/C11H15NO6S2/c1-18-11(14)9-7-8(3-4-10(9)13)20(16,17)12-5-6-19(2)15/h3-4,7,12-13H,5-6H2,1-2H3. The van der Waals surface area contributed by atoms with Gasteiger partial charge in [0.15, 0.2) is 0 Å². The first-order valence-electron chi connectivity index (χ1n) is 5.49. The minimum absolute atomic E-state index is 0.0138. The molecule has 0 aliphatic carbocycles. The minimum Gasteiger partial charge on any atom is -0.507 e. The summed E-state index contributed by atoms with van der Waals surface area (Å²) in [4.78, 5) is 11.2. The van der Waals surface area contributed by atoms with E-state index in [1.807, 2.05) is 0 Å². The quantitative estimate of drug-likeness (QED) is 0.704. The van der Waals surface area contributed by atoms with Crippen molar-refractivity contribution in [1.29, 1.82) is 0 Å². The summed E-state index contributed by atoms with van der Waals surface area (Å²) in [5.41, 5.74) is -0.241. The molecule has 0 aliphatic rings. The number of carbonyl (C=O) groups excluding carboxylic acids is 1. The molecule has 0 spiro atoms. The summed E-state index contributed by atoms with van der Waals surface area (Å²) in [6, 6.07) is 3.28. The number of phenols is 1. The minimum atomic E-state index is -3.84. The Balaban J connectivity index is 3.01. The number of carbonyl (C=O) groups is 1. The number of esters is 1. The highest BCUT2D eigenvalue weighted by Crippen LogP contribution is 2.21. The van der Waals surface area contributed by atoms with E-state index in [0.717, 1.165) is 25.3 Å². The van der Waals surface area contributed by atoms with Gasteiger partial charge in [-0.05, 0) is 18.2 Å². The van der Waals surface area contributed by atoms with Gasteiger partial charge in [0.1, 0.15) is 11.3 Å². The van der Waals surface area contributed by atoms with Crippen LogP contribution >= 0.6 is 0 Å². The normalized spacial score (nSPS) is 12.9. The number of aromatic hydroxyl groups is 1. The molecule has 1 aromatic carbocycles. The highest BCUT2D eigenvalue weighted by atomic mass is 32.2. The van der Waals surface area contributed by atoms with Crippen molar-refractivity contribution in [1.82, 2.24) is 4.72 Å². The molecule has 0 bridgehead atoms. The Morgan fingerprint density at radius 3 is 2.65 bits per heavy atom. The van der Waals surface area contributed by atoms with E-state index >= 15 is 0 Å². The van der Waals surface area contributed by atoms with Crippen LogP contribution in [-0.4, -0.2) is 49.4 Å². The largest absolute Gasteiger partial charge is 0.507 e. The molecule has 20 heavy (non-hydrogen) atoms. The Hall–Kier alpha value is -1.45. The van der Waals surface area contributed by atoms with Crippen molar-refractivity contribution in [3.05, 3.63) is 23.8 Å². The van der Waals surface area contributed by atoms with E-state index in [1.54, 1.807) is 0 Å². The van der Waals surface area contributed by atoms with Crippen molar-refractivity contribution in [2.24, 2.45) is 0 Å². The van der Waals surface area contributed by atoms with E-state index in [-0.39, 0.29) is 28.5 Å². The molecule has 0 amide bonds. The number of phenolic OH excluding ortho intramolecular Hbond substituents is 1. The molecule has 0 aromatic heterocycles. The van der Waals surface area contributed by atoms with Gasteiger partial charge in [-0.25, -0.2) is 17.9 Å². The van der Waals surface area contributed by atoms with E-state index in [4.69, 9.17) is 0 Å². The number of rotatable bonds is 6. The first-order valence-corrected chi connectivity index (χ1v) is 8.70. The third-order valence-electron chi connectivity index (χ3n) is 2.37. The van der Waals surface area contributed by atoms with Gasteiger partial charge in [0, 0.05) is 29.4 Å². The van der Waals surface area contributed by atoms with Crippen LogP contribution in [0.5, 0.6) is 5.75 Å².